The van der Waals surface area contributed by atoms with Gasteiger partial charge in [0.25, 0.3) is 0 Å². The minimum atomic E-state index is 0.239. The van der Waals surface area contributed by atoms with Gasteiger partial charge in [0.1, 0.15) is 5.82 Å². The molecule has 1 aromatic heterocycles. The SMILES string of the molecule is CCCCC(CCC)Nc1cc(OC)nc(N)n1. The fraction of sp³-hybridized carbons (Fsp3) is 0.692. The summed E-state index contributed by atoms with van der Waals surface area (Å²) in [7, 11) is 1.58. The van der Waals surface area contributed by atoms with Gasteiger partial charge in [-0.05, 0) is 12.8 Å². The average molecular weight is 252 g/mol. The van der Waals surface area contributed by atoms with Crippen LogP contribution < -0.4 is 15.8 Å². The van der Waals surface area contributed by atoms with Crippen LogP contribution in [0.2, 0.25) is 0 Å². The van der Waals surface area contributed by atoms with Crippen molar-refractivity contribution in [2.24, 2.45) is 0 Å². The first-order valence-electron chi connectivity index (χ1n) is 6.64. The molecule has 1 rings (SSSR count). The number of anilines is 2. The predicted octanol–water partition coefficient (Wildman–Crippen LogP) is 2.84. The molecular weight excluding hydrogens is 228 g/mol. The highest BCUT2D eigenvalue weighted by molar-refractivity contribution is 5.43. The molecule has 1 aromatic rings. The molecule has 0 saturated heterocycles. The van der Waals surface area contributed by atoms with Gasteiger partial charge in [-0.25, -0.2) is 0 Å². The lowest BCUT2D eigenvalue weighted by atomic mass is 10.1. The van der Waals surface area contributed by atoms with Crippen LogP contribution in [0.3, 0.4) is 0 Å². The van der Waals surface area contributed by atoms with E-state index in [1.165, 1.54) is 12.8 Å². The lowest BCUT2D eigenvalue weighted by Crippen LogP contribution is -2.20. The lowest BCUT2D eigenvalue weighted by Gasteiger charge is -2.18. The Kier molecular flexibility index (Phi) is 6.25. The summed E-state index contributed by atoms with van der Waals surface area (Å²) in [6.07, 6.45) is 5.86. The number of hydrogen-bond acceptors (Lipinski definition) is 5. The van der Waals surface area contributed by atoms with Crippen LogP contribution in [0.1, 0.15) is 46.0 Å². The monoisotopic (exact) mass is 252 g/mol. The molecule has 102 valence electrons. The maximum absolute atomic E-state index is 5.64. The standard InChI is InChI=1S/C13H24N4O/c1-4-6-8-10(7-5-2)15-11-9-12(18-3)17-13(14)16-11/h9-10H,4-8H2,1-3H3,(H3,14,15,16,17). The van der Waals surface area contributed by atoms with Crippen LogP contribution >= 0.6 is 0 Å². The van der Waals surface area contributed by atoms with Crippen molar-refractivity contribution in [2.45, 2.75) is 52.0 Å². The summed E-state index contributed by atoms with van der Waals surface area (Å²) in [5.74, 6) is 1.48. The lowest BCUT2D eigenvalue weighted by molar-refractivity contribution is 0.398. The maximum atomic E-state index is 5.64. The highest BCUT2D eigenvalue weighted by atomic mass is 16.5. The van der Waals surface area contributed by atoms with E-state index < -0.39 is 0 Å². The van der Waals surface area contributed by atoms with Gasteiger partial charge in [-0.15, -0.1) is 0 Å². The summed E-state index contributed by atoms with van der Waals surface area (Å²) < 4.78 is 5.09. The summed E-state index contributed by atoms with van der Waals surface area (Å²) >= 11 is 0. The maximum Gasteiger partial charge on any atom is 0.225 e. The molecule has 0 aliphatic carbocycles. The van der Waals surface area contributed by atoms with Gasteiger partial charge in [0, 0.05) is 12.1 Å². The molecule has 3 N–H and O–H groups in total. The highest BCUT2D eigenvalue weighted by Gasteiger charge is 2.09. The average Bonchev–Trinajstić information content (AvgIpc) is 2.35. The van der Waals surface area contributed by atoms with Crippen molar-refractivity contribution in [2.75, 3.05) is 18.2 Å². The number of nitrogens with one attached hydrogen (secondary N) is 1. The van der Waals surface area contributed by atoms with E-state index in [4.69, 9.17) is 10.5 Å². The Hall–Kier alpha value is -1.52. The second-order valence-corrected chi connectivity index (χ2v) is 4.43. The first kappa shape index (κ1) is 14.5. The molecule has 18 heavy (non-hydrogen) atoms. The largest absolute Gasteiger partial charge is 0.481 e. The Morgan fingerprint density at radius 1 is 1.28 bits per heavy atom. The smallest absolute Gasteiger partial charge is 0.225 e. The van der Waals surface area contributed by atoms with E-state index in [1.807, 2.05) is 0 Å². The van der Waals surface area contributed by atoms with Gasteiger partial charge >= 0.3 is 0 Å². The third kappa shape index (κ3) is 4.77. The van der Waals surface area contributed by atoms with E-state index in [2.05, 4.69) is 29.1 Å². The van der Waals surface area contributed by atoms with Crippen molar-refractivity contribution in [3.05, 3.63) is 6.07 Å². The number of nitrogen functional groups attached to an aromatic ring is 1. The fourth-order valence-electron chi connectivity index (χ4n) is 1.92. The van der Waals surface area contributed by atoms with Crippen LogP contribution in [0.25, 0.3) is 0 Å². The van der Waals surface area contributed by atoms with E-state index in [-0.39, 0.29) is 5.95 Å². The van der Waals surface area contributed by atoms with Crippen molar-refractivity contribution < 1.29 is 4.74 Å². The van der Waals surface area contributed by atoms with Gasteiger partial charge in [-0.3, -0.25) is 0 Å². The summed E-state index contributed by atoms with van der Waals surface area (Å²) in [6.45, 7) is 4.39. The third-order valence-electron chi connectivity index (χ3n) is 2.82. The zero-order valence-corrected chi connectivity index (χ0v) is 11.6. The van der Waals surface area contributed by atoms with Crippen LogP contribution in [0.5, 0.6) is 5.88 Å². The van der Waals surface area contributed by atoms with Crippen molar-refractivity contribution in [1.29, 1.82) is 0 Å². The summed E-state index contributed by atoms with van der Waals surface area (Å²) in [4.78, 5) is 8.16. The fourth-order valence-corrected chi connectivity index (χ4v) is 1.92. The molecule has 0 aromatic carbocycles. The van der Waals surface area contributed by atoms with E-state index in [0.29, 0.717) is 11.9 Å². The molecular formula is C13H24N4O. The molecule has 0 saturated carbocycles. The molecule has 1 atom stereocenters. The van der Waals surface area contributed by atoms with Crippen LogP contribution in [-0.2, 0) is 0 Å². The first-order valence-corrected chi connectivity index (χ1v) is 6.64. The highest BCUT2D eigenvalue weighted by Crippen LogP contribution is 2.18. The van der Waals surface area contributed by atoms with Gasteiger partial charge in [0.05, 0.1) is 7.11 Å². The minimum absolute atomic E-state index is 0.239. The predicted molar refractivity (Wildman–Crippen MR) is 74.8 cm³/mol. The quantitative estimate of drug-likeness (QED) is 0.744. The van der Waals surface area contributed by atoms with Crippen molar-refractivity contribution >= 4 is 11.8 Å². The van der Waals surface area contributed by atoms with Gasteiger partial charge in [0.2, 0.25) is 11.8 Å². The van der Waals surface area contributed by atoms with Crippen molar-refractivity contribution in [3.63, 3.8) is 0 Å². The number of hydrogen-bond donors (Lipinski definition) is 2. The van der Waals surface area contributed by atoms with Gasteiger partial charge in [-0.2, -0.15) is 9.97 Å². The molecule has 5 nitrogen and oxygen atoms in total. The Bertz CT molecular complexity index is 357. The molecule has 5 heteroatoms. The number of aromatic nitrogens is 2. The Labute approximate surface area is 109 Å². The van der Waals surface area contributed by atoms with Crippen LogP contribution in [0.15, 0.2) is 6.07 Å². The molecule has 0 spiro atoms. The molecule has 0 fully saturated rings. The molecule has 0 aliphatic rings. The number of methoxy groups -OCH3 is 1. The Morgan fingerprint density at radius 3 is 2.67 bits per heavy atom. The molecule has 0 aliphatic heterocycles. The number of nitrogens with zero attached hydrogens (tertiary/aromatic N) is 2. The minimum Gasteiger partial charge on any atom is -0.481 e. The van der Waals surface area contributed by atoms with Crippen molar-refractivity contribution in [3.8, 4) is 5.88 Å². The summed E-state index contributed by atoms with van der Waals surface area (Å²) in [5.41, 5.74) is 5.64. The number of nitrogens with two attached hydrogens (primary N) is 1. The van der Waals surface area contributed by atoms with Gasteiger partial charge in [-0.1, -0.05) is 33.1 Å². The van der Waals surface area contributed by atoms with E-state index >= 15 is 0 Å². The molecule has 0 bridgehead atoms. The Balaban J connectivity index is 2.69. The molecule has 1 unspecified atom stereocenters. The van der Waals surface area contributed by atoms with E-state index in [9.17, 15) is 0 Å². The summed E-state index contributed by atoms with van der Waals surface area (Å²) in [5, 5.41) is 3.42. The topological polar surface area (TPSA) is 73.1 Å². The zero-order chi connectivity index (χ0) is 13.4. The van der Waals surface area contributed by atoms with E-state index in [1.54, 1.807) is 13.2 Å². The Morgan fingerprint density at radius 2 is 2.06 bits per heavy atom. The molecule has 1 heterocycles. The van der Waals surface area contributed by atoms with Crippen LogP contribution in [0.4, 0.5) is 11.8 Å². The third-order valence-corrected chi connectivity index (χ3v) is 2.82. The van der Waals surface area contributed by atoms with Gasteiger partial charge < -0.3 is 15.8 Å². The normalized spacial score (nSPS) is 12.2. The summed E-state index contributed by atoms with van der Waals surface area (Å²) in [6, 6.07) is 2.22. The van der Waals surface area contributed by atoms with Crippen LogP contribution in [-0.4, -0.2) is 23.1 Å². The zero-order valence-electron chi connectivity index (χ0n) is 11.6. The number of unbranched alkanes of at least 4 members (excludes halogenated alkanes) is 1. The second kappa shape index (κ2) is 7.74. The van der Waals surface area contributed by atoms with Crippen molar-refractivity contribution in [1.82, 2.24) is 9.97 Å². The van der Waals surface area contributed by atoms with E-state index in [0.717, 1.165) is 25.1 Å². The number of ether oxygens (including phenoxy) is 1. The second-order valence-electron chi connectivity index (χ2n) is 4.43. The number of rotatable bonds is 8. The first-order chi connectivity index (χ1) is 8.69. The van der Waals surface area contributed by atoms with Gasteiger partial charge in [0.15, 0.2) is 0 Å². The van der Waals surface area contributed by atoms with Crippen LogP contribution in [0, 0.1) is 0 Å². The molecule has 0 amide bonds. The molecule has 0 radical (unpaired) electrons.